The molecule has 1 amide bonds. The van der Waals surface area contributed by atoms with Gasteiger partial charge in [-0.2, -0.15) is 0 Å². The fourth-order valence-corrected chi connectivity index (χ4v) is 3.01. The number of unbranched alkanes of at least 4 members (excludes halogenated alkanes) is 3. The maximum atomic E-state index is 11.8. The third-order valence-electron chi connectivity index (χ3n) is 3.68. The molecule has 2 atom stereocenters. The Morgan fingerprint density at radius 1 is 1.22 bits per heavy atom. The van der Waals surface area contributed by atoms with Crippen molar-refractivity contribution in [1.82, 2.24) is 5.32 Å². The maximum absolute atomic E-state index is 11.8. The number of rotatable bonds is 10. The van der Waals surface area contributed by atoms with Gasteiger partial charge in [-0.05, 0) is 44.9 Å². The predicted molar refractivity (Wildman–Crippen MR) is 96.2 cm³/mol. The van der Waals surface area contributed by atoms with Crippen LogP contribution in [0.4, 0.5) is 4.79 Å². The molecule has 1 N–H and O–H groups in total. The maximum Gasteiger partial charge on any atom is 0.521 e. The minimum Gasteiger partial charge on any atom is -0.446 e. The van der Waals surface area contributed by atoms with E-state index in [0.29, 0.717) is 13.2 Å². The van der Waals surface area contributed by atoms with Gasteiger partial charge in [-0.25, -0.2) is 4.79 Å². The highest BCUT2D eigenvalue weighted by molar-refractivity contribution is 8.00. The van der Waals surface area contributed by atoms with Gasteiger partial charge in [-0.3, -0.25) is 0 Å². The molecular weight excluding hydrogens is 333 g/mol. The summed E-state index contributed by atoms with van der Waals surface area (Å²) in [5, 5.41) is 2.84. The highest BCUT2D eigenvalue weighted by Crippen LogP contribution is 2.22. The van der Waals surface area contributed by atoms with Crippen LogP contribution in [0.3, 0.4) is 0 Å². The second kappa shape index (κ2) is 13.8. The largest absolute Gasteiger partial charge is 0.521 e. The van der Waals surface area contributed by atoms with Gasteiger partial charge < -0.3 is 10.1 Å². The Bertz CT molecular complexity index is 379. The third-order valence-corrected chi connectivity index (χ3v) is 5.13. The lowest BCUT2D eigenvalue weighted by Crippen LogP contribution is -2.30. The number of alkyl carbamates (subject to hydrolysis) is 1. The lowest BCUT2D eigenvalue weighted by Gasteiger charge is -2.18. The molecule has 5 nitrogen and oxygen atoms in total. The smallest absolute Gasteiger partial charge is 0.446 e. The van der Waals surface area contributed by atoms with E-state index >= 15 is 0 Å². The highest BCUT2D eigenvalue weighted by Gasteiger charge is 2.14. The minimum absolute atomic E-state index is 0.0613. The van der Waals surface area contributed by atoms with E-state index in [1.165, 1.54) is 0 Å². The van der Waals surface area contributed by atoms with E-state index in [0.717, 1.165) is 57.8 Å². The summed E-state index contributed by atoms with van der Waals surface area (Å²) in [6, 6.07) is 0. The quantitative estimate of drug-likeness (QED) is 0.350. The summed E-state index contributed by atoms with van der Waals surface area (Å²) in [5.74, 6) is 0. The van der Waals surface area contributed by atoms with E-state index in [-0.39, 0.29) is 12.2 Å². The molecular formula is C16H29NO4PS+. The minimum atomic E-state index is -1.12. The van der Waals surface area contributed by atoms with E-state index < -0.39 is 7.15 Å². The SMILES string of the molecule is CO[P+](=S)OCCCCCCNC(=O)OC1CC/C=C/CCC1. The van der Waals surface area contributed by atoms with Crippen molar-refractivity contribution in [2.75, 3.05) is 20.3 Å². The van der Waals surface area contributed by atoms with Gasteiger partial charge in [-0.15, -0.1) is 9.05 Å². The van der Waals surface area contributed by atoms with Crippen molar-refractivity contribution in [1.29, 1.82) is 0 Å². The number of amides is 1. The number of ether oxygens (including phenoxy) is 1. The predicted octanol–water partition coefficient (Wildman–Crippen LogP) is 4.60. The zero-order valence-electron chi connectivity index (χ0n) is 14.0. The first-order valence-corrected chi connectivity index (χ1v) is 10.6. The molecule has 1 rings (SSSR count). The molecule has 1 aliphatic carbocycles. The Kier molecular flexibility index (Phi) is 12.3. The fraction of sp³-hybridized carbons (Fsp3) is 0.812. The number of carbonyl (C=O) groups excluding carboxylic acids is 1. The lowest BCUT2D eigenvalue weighted by atomic mass is 10.0. The van der Waals surface area contributed by atoms with Gasteiger partial charge in [0.2, 0.25) is 11.8 Å². The molecule has 0 saturated carbocycles. The van der Waals surface area contributed by atoms with E-state index in [1.807, 2.05) is 0 Å². The van der Waals surface area contributed by atoms with E-state index in [1.54, 1.807) is 7.11 Å². The topological polar surface area (TPSA) is 56.8 Å². The molecule has 0 aromatic heterocycles. The van der Waals surface area contributed by atoms with Crippen LogP contribution in [0.25, 0.3) is 0 Å². The van der Waals surface area contributed by atoms with Crippen molar-refractivity contribution in [3.05, 3.63) is 12.2 Å². The number of hydrogen-bond donors (Lipinski definition) is 1. The van der Waals surface area contributed by atoms with Gasteiger partial charge in [0.15, 0.2) is 0 Å². The van der Waals surface area contributed by atoms with Crippen molar-refractivity contribution >= 4 is 25.1 Å². The first kappa shape index (κ1) is 20.5. The van der Waals surface area contributed by atoms with Crippen LogP contribution in [-0.4, -0.2) is 32.5 Å². The normalized spacial score (nSPS) is 20.2. The van der Waals surface area contributed by atoms with Crippen LogP contribution in [0.2, 0.25) is 0 Å². The Morgan fingerprint density at radius 3 is 2.83 bits per heavy atom. The first-order valence-electron chi connectivity index (χ1n) is 8.46. The van der Waals surface area contributed by atoms with E-state index in [9.17, 15) is 4.79 Å². The zero-order chi connectivity index (χ0) is 16.8. The molecule has 0 heterocycles. The molecule has 0 aromatic carbocycles. The molecule has 2 unspecified atom stereocenters. The number of allylic oxidation sites excluding steroid dienone is 2. The molecule has 23 heavy (non-hydrogen) atoms. The van der Waals surface area contributed by atoms with Crippen LogP contribution < -0.4 is 5.32 Å². The molecule has 0 saturated heterocycles. The summed E-state index contributed by atoms with van der Waals surface area (Å²) in [6.45, 7) is 1.31. The van der Waals surface area contributed by atoms with Gasteiger partial charge in [0.05, 0.1) is 7.11 Å². The highest BCUT2D eigenvalue weighted by atomic mass is 32.4. The average Bonchev–Trinajstić information content (AvgIpc) is 2.52. The second-order valence-corrected chi connectivity index (χ2v) is 7.55. The summed E-state index contributed by atoms with van der Waals surface area (Å²) in [6.07, 6.45) is 13.3. The van der Waals surface area contributed by atoms with Crippen LogP contribution in [-0.2, 0) is 25.6 Å². The van der Waals surface area contributed by atoms with Crippen LogP contribution in [0, 0.1) is 0 Å². The van der Waals surface area contributed by atoms with Crippen molar-refractivity contribution in [2.24, 2.45) is 0 Å². The molecule has 0 bridgehead atoms. The fourth-order valence-electron chi connectivity index (χ4n) is 2.40. The summed E-state index contributed by atoms with van der Waals surface area (Å²) >= 11 is 4.93. The second-order valence-electron chi connectivity index (χ2n) is 5.59. The zero-order valence-corrected chi connectivity index (χ0v) is 15.7. The van der Waals surface area contributed by atoms with Gasteiger partial charge in [0, 0.05) is 6.54 Å². The molecule has 0 fully saturated rings. The van der Waals surface area contributed by atoms with E-state index in [2.05, 4.69) is 17.5 Å². The molecule has 7 heteroatoms. The van der Waals surface area contributed by atoms with Gasteiger partial charge >= 0.3 is 13.2 Å². The number of carbonyl (C=O) groups is 1. The molecule has 0 aliphatic heterocycles. The average molecular weight is 362 g/mol. The third kappa shape index (κ3) is 11.6. The van der Waals surface area contributed by atoms with E-state index in [4.69, 9.17) is 25.6 Å². The van der Waals surface area contributed by atoms with Crippen molar-refractivity contribution in [3.8, 4) is 0 Å². The standard InChI is InChI=1S/C16H28NO4PS/c1-19-22(23)20-14-10-6-5-9-13-17-16(18)21-15-11-7-3-2-4-8-12-15/h2-3,15H,4-14H2,1H3/p+1/b3-2+. The van der Waals surface area contributed by atoms with Crippen molar-refractivity contribution in [3.63, 3.8) is 0 Å². The van der Waals surface area contributed by atoms with Crippen LogP contribution in [0.1, 0.15) is 57.8 Å². The van der Waals surface area contributed by atoms with Crippen LogP contribution >= 0.6 is 7.15 Å². The lowest BCUT2D eigenvalue weighted by molar-refractivity contribution is 0.0863. The Hall–Kier alpha value is -0.550. The van der Waals surface area contributed by atoms with Crippen LogP contribution in [0.15, 0.2) is 12.2 Å². The summed E-state index contributed by atoms with van der Waals surface area (Å²) in [7, 11) is 0.445. The summed E-state index contributed by atoms with van der Waals surface area (Å²) in [5.41, 5.74) is 0. The number of hydrogen-bond acceptors (Lipinski definition) is 5. The van der Waals surface area contributed by atoms with Crippen molar-refractivity contribution in [2.45, 2.75) is 63.9 Å². The van der Waals surface area contributed by atoms with Crippen LogP contribution in [0.5, 0.6) is 0 Å². The van der Waals surface area contributed by atoms with Gasteiger partial charge in [0.25, 0.3) is 0 Å². The Labute approximate surface area is 145 Å². The summed E-state index contributed by atoms with van der Waals surface area (Å²) in [4.78, 5) is 11.8. The monoisotopic (exact) mass is 362 g/mol. The summed E-state index contributed by atoms with van der Waals surface area (Å²) < 4.78 is 15.7. The molecule has 0 spiro atoms. The van der Waals surface area contributed by atoms with Gasteiger partial charge in [-0.1, -0.05) is 25.0 Å². The Morgan fingerprint density at radius 2 is 2.00 bits per heavy atom. The molecule has 0 radical (unpaired) electrons. The van der Waals surface area contributed by atoms with Crippen molar-refractivity contribution < 1.29 is 18.6 Å². The molecule has 1 aliphatic rings. The first-order chi connectivity index (χ1) is 11.2. The number of nitrogens with one attached hydrogen (secondary N) is 1. The molecule has 0 aromatic rings. The van der Waals surface area contributed by atoms with Gasteiger partial charge in [0.1, 0.15) is 12.7 Å². The molecule has 132 valence electrons. The Balaban J connectivity index is 1.95.